The molecule has 0 radical (unpaired) electrons. The molecule has 0 fully saturated rings. The molecule has 1 N–H and O–H groups in total. The Morgan fingerprint density at radius 2 is 2.19 bits per heavy atom. The van der Waals surface area contributed by atoms with Gasteiger partial charge in [-0.15, -0.1) is 0 Å². The maximum atomic E-state index is 6.23. The fourth-order valence-corrected chi connectivity index (χ4v) is 1.99. The van der Waals surface area contributed by atoms with Gasteiger partial charge in [-0.05, 0) is 6.42 Å². The van der Waals surface area contributed by atoms with Crippen molar-refractivity contribution < 1.29 is 4.74 Å². The van der Waals surface area contributed by atoms with E-state index in [4.69, 9.17) is 16.3 Å². The number of nitrogens with one attached hydrogen (secondary N) is 1. The van der Waals surface area contributed by atoms with E-state index in [1.165, 1.54) is 0 Å². The van der Waals surface area contributed by atoms with E-state index >= 15 is 0 Å². The zero-order valence-electron chi connectivity index (χ0n) is 10.2. The zero-order valence-corrected chi connectivity index (χ0v) is 11.0. The van der Waals surface area contributed by atoms with Gasteiger partial charge in [-0.3, -0.25) is 4.68 Å². The molecule has 0 amide bonds. The highest BCUT2D eigenvalue weighted by atomic mass is 35.5. The zero-order chi connectivity index (χ0) is 12.0. The van der Waals surface area contributed by atoms with Crippen LogP contribution < -0.4 is 5.32 Å². The van der Waals surface area contributed by atoms with Gasteiger partial charge in [0.1, 0.15) is 0 Å². The topological polar surface area (TPSA) is 39.1 Å². The summed E-state index contributed by atoms with van der Waals surface area (Å²) >= 11 is 6.23. The van der Waals surface area contributed by atoms with Crippen molar-refractivity contribution in [1.82, 2.24) is 15.1 Å². The molecule has 0 spiro atoms. The third kappa shape index (κ3) is 3.47. The molecule has 0 aromatic carbocycles. The quantitative estimate of drug-likeness (QED) is 0.739. The minimum absolute atomic E-state index is 0.735. The molecule has 1 rings (SSSR count). The van der Waals surface area contributed by atoms with E-state index in [1.54, 1.807) is 7.11 Å². The summed E-state index contributed by atoms with van der Waals surface area (Å²) in [5.41, 5.74) is 2.08. The van der Waals surface area contributed by atoms with Gasteiger partial charge in [-0.2, -0.15) is 5.10 Å². The Bertz CT molecular complexity index is 325. The molecule has 16 heavy (non-hydrogen) atoms. The summed E-state index contributed by atoms with van der Waals surface area (Å²) in [6, 6.07) is 0. The molecule has 1 aromatic rings. The van der Waals surface area contributed by atoms with E-state index in [-0.39, 0.29) is 0 Å². The van der Waals surface area contributed by atoms with Crippen LogP contribution in [0.3, 0.4) is 0 Å². The first kappa shape index (κ1) is 13.5. The fourth-order valence-electron chi connectivity index (χ4n) is 1.60. The van der Waals surface area contributed by atoms with E-state index in [9.17, 15) is 0 Å². The number of rotatable bonds is 7. The molecule has 0 bridgehead atoms. The van der Waals surface area contributed by atoms with Crippen molar-refractivity contribution in [3.63, 3.8) is 0 Å². The average molecular weight is 246 g/mol. The smallest absolute Gasteiger partial charge is 0.0850 e. The molecule has 0 saturated heterocycles. The van der Waals surface area contributed by atoms with E-state index in [0.717, 1.165) is 48.9 Å². The van der Waals surface area contributed by atoms with Crippen LogP contribution in [0.15, 0.2) is 0 Å². The number of hydrogen-bond donors (Lipinski definition) is 1. The number of methoxy groups -OCH3 is 1. The maximum absolute atomic E-state index is 6.23. The molecule has 0 unspecified atom stereocenters. The van der Waals surface area contributed by atoms with Crippen molar-refractivity contribution in [2.24, 2.45) is 7.05 Å². The third-order valence-corrected chi connectivity index (χ3v) is 2.96. The normalized spacial score (nSPS) is 11.0. The van der Waals surface area contributed by atoms with Crippen molar-refractivity contribution in [1.29, 1.82) is 0 Å². The lowest BCUT2D eigenvalue weighted by Crippen LogP contribution is -2.22. The van der Waals surface area contributed by atoms with Crippen LogP contribution in [0.25, 0.3) is 0 Å². The fraction of sp³-hybridized carbons (Fsp3) is 0.727. The van der Waals surface area contributed by atoms with Gasteiger partial charge in [0.25, 0.3) is 0 Å². The Balaban J connectivity index is 2.44. The number of aryl methyl sites for hydroxylation is 2. The number of hydrogen-bond acceptors (Lipinski definition) is 3. The molecule has 0 atom stereocenters. The second kappa shape index (κ2) is 6.89. The van der Waals surface area contributed by atoms with Crippen molar-refractivity contribution in [3.8, 4) is 0 Å². The van der Waals surface area contributed by atoms with Gasteiger partial charge < -0.3 is 10.1 Å². The molecule has 0 aliphatic heterocycles. The lowest BCUT2D eigenvalue weighted by molar-refractivity contribution is 0.199. The van der Waals surface area contributed by atoms with Crippen LogP contribution in [0.1, 0.15) is 18.3 Å². The van der Waals surface area contributed by atoms with Crippen LogP contribution in [0, 0.1) is 0 Å². The molecule has 0 aliphatic rings. The number of nitrogens with zero attached hydrogens (tertiary/aromatic N) is 2. The van der Waals surface area contributed by atoms with Gasteiger partial charge in [-0.1, -0.05) is 18.5 Å². The molecular formula is C11H20ClN3O. The highest BCUT2D eigenvalue weighted by Crippen LogP contribution is 2.20. The molecule has 0 saturated carbocycles. The number of aromatic nitrogens is 2. The van der Waals surface area contributed by atoms with Crippen LogP contribution in [-0.2, 0) is 24.6 Å². The van der Waals surface area contributed by atoms with Crippen LogP contribution in [0.4, 0.5) is 0 Å². The first-order valence-corrected chi connectivity index (χ1v) is 5.98. The van der Waals surface area contributed by atoms with Crippen molar-refractivity contribution in [2.45, 2.75) is 19.8 Å². The van der Waals surface area contributed by atoms with Crippen molar-refractivity contribution in [2.75, 3.05) is 26.8 Å². The van der Waals surface area contributed by atoms with Crippen LogP contribution in [0.2, 0.25) is 5.02 Å². The summed E-state index contributed by atoms with van der Waals surface area (Å²) in [5.74, 6) is 0. The Morgan fingerprint density at radius 3 is 2.75 bits per heavy atom. The highest BCUT2D eigenvalue weighted by molar-refractivity contribution is 6.31. The average Bonchev–Trinajstić information content (AvgIpc) is 2.55. The predicted molar refractivity (Wildman–Crippen MR) is 66.0 cm³/mol. The summed E-state index contributed by atoms with van der Waals surface area (Å²) in [7, 11) is 3.64. The second-order valence-electron chi connectivity index (χ2n) is 3.68. The Labute approximate surface area is 102 Å². The lowest BCUT2D eigenvalue weighted by atomic mass is 10.2. The first-order chi connectivity index (χ1) is 7.70. The Hall–Kier alpha value is -0.580. The minimum Gasteiger partial charge on any atom is -0.383 e. The molecule has 92 valence electrons. The van der Waals surface area contributed by atoms with Crippen LogP contribution in [-0.4, -0.2) is 36.6 Å². The summed E-state index contributed by atoms with van der Waals surface area (Å²) < 4.78 is 6.83. The molecular weight excluding hydrogens is 226 g/mol. The second-order valence-corrected chi connectivity index (χ2v) is 4.06. The SMILES string of the molecule is CCc1nn(C)c(CCNCCOC)c1Cl. The number of ether oxygens (including phenoxy) is 1. The molecule has 0 aliphatic carbocycles. The first-order valence-electron chi connectivity index (χ1n) is 5.60. The van der Waals surface area contributed by atoms with Gasteiger partial charge in [0.2, 0.25) is 0 Å². The highest BCUT2D eigenvalue weighted by Gasteiger charge is 2.11. The monoisotopic (exact) mass is 245 g/mol. The Morgan fingerprint density at radius 1 is 1.44 bits per heavy atom. The van der Waals surface area contributed by atoms with E-state index in [0.29, 0.717) is 0 Å². The Kier molecular flexibility index (Phi) is 5.80. The summed E-state index contributed by atoms with van der Waals surface area (Å²) in [6.45, 7) is 4.56. The predicted octanol–water partition coefficient (Wildman–Crippen LogP) is 1.41. The van der Waals surface area contributed by atoms with Crippen LogP contribution >= 0.6 is 11.6 Å². The maximum Gasteiger partial charge on any atom is 0.0850 e. The summed E-state index contributed by atoms with van der Waals surface area (Å²) in [6.07, 6.45) is 1.77. The summed E-state index contributed by atoms with van der Waals surface area (Å²) in [4.78, 5) is 0. The lowest BCUT2D eigenvalue weighted by Gasteiger charge is -2.04. The van der Waals surface area contributed by atoms with E-state index in [2.05, 4.69) is 17.3 Å². The van der Waals surface area contributed by atoms with Gasteiger partial charge >= 0.3 is 0 Å². The van der Waals surface area contributed by atoms with Crippen molar-refractivity contribution in [3.05, 3.63) is 16.4 Å². The van der Waals surface area contributed by atoms with Crippen molar-refractivity contribution >= 4 is 11.6 Å². The standard InChI is InChI=1S/C11H20ClN3O/c1-4-9-11(12)10(15(2)14-9)5-6-13-7-8-16-3/h13H,4-8H2,1-3H3. The summed E-state index contributed by atoms with van der Waals surface area (Å²) in [5, 5.41) is 8.49. The largest absolute Gasteiger partial charge is 0.383 e. The molecule has 4 nitrogen and oxygen atoms in total. The molecule has 1 heterocycles. The van der Waals surface area contributed by atoms with Gasteiger partial charge in [0.05, 0.1) is 23.0 Å². The van der Waals surface area contributed by atoms with E-state index < -0.39 is 0 Å². The van der Waals surface area contributed by atoms with Gasteiger partial charge in [0.15, 0.2) is 0 Å². The van der Waals surface area contributed by atoms with Crippen LogP contribution in [0.5, 0.6) is 0 Å². The van der Waals surface area contributed by atoms with E-state index in [1.807, 2.05) is 11.7 Å². The minimum atomic E-state index is 0.735. The molecule has 1 aromatic heterocycles. The third-order valence-electron chi connectivity index (χ3n) is 2.52. The molecule has 5 heteroatoms. The van der Waals surface area contributed by atoms with Gasteiger partial charge in [-0.25, -0.2) is 0 Å². The number of halogens is 1. The van der Waals surface area contributed by atoms with Gasteiger partial charge in [0, 0.05) is 33.7 Å².